The number of aliphatic carboxylic acids is 1. The molecule has 0 aromatic heterocycles. The van der Waals surface area contributed by atoms with Crippen LogP contribution in [0.25, 0.3) is 0 Å². The van der Waals surface area contributed by atoms with Crippen LogP contribution in [0.3, 0.4) is 0 Å². The quantitative estimate of drug-likeness (QED) is 0.917. The molecule has 2 heterocycles. The molecule has 2 amide bonds. The predicted octanol–water partition coefficient (Wildman–Crippen LogP) is 1.85. The summed E-state index contributed by atoms with van der Waals surface area (Å²) in [5.74, 6) is -0.759. The van der Waals surface area contributed by atoms with Crippen LogP contribution in [0, 0.1) is 5.41 Å². The van der Waals surface area contributed by atoms with Gasteiger partial charge in [-0.25, -0.2) is 4.79 Å². The van der Waals surface area contributed by atoms with Crippen LogP contribution in [0.15, 0.2) is 30.3 Å². The molecule has 2 saturated heterocycles. The summed E-state index contributed by atoms with van der Waals surface area (Å²) in [4.78, 5) is 28.1. The van der Waals surface area contributed by atoms with Crippen molar-refractivity contribution < 1.29 is 19.4 Å². The Bertz CT molecular complexity index is 576. The Labute approximate surface area is 142 Å². The number of carbonyl (C=O) groups is 2. The number of hydrogen-bond donors (Lipinski definition) is 1. The van der Waals surface area contributed by atoms with Crippen LogP contribution < -0.4 is 0 Å². The molecule has 6 heteroatoms. The molecule has 0 saturated carbocycles. The Kier molecular flexibility index (Phi) is 5.04. The number of ether oxygens (including phenoxy) is 1. The molecule has 0 unspecified atom stereocenters. The van der Waals surface area contributed by atoms with E-state index in [4.69, 9.17) is 4.74 Å². The largest absolute Gasteiger partial charge is 0.481 e. The van der Waals surface area contributed by atoms with Crippen LogP contribution in [0.4, 0.5) is 4.79 Å². The number of carbonyl (C=O) groups excluding carboxylic acids is 1. The molecule has 0 aliphatic carbocycles. The smallest absolute Gasteiger partial charge is 0.320 e. The number of urea groups is 1. The van der Waals surface area contributed by atoms with Crippen molar-refractivity contribution in [1.29, 1.82) is 0 Å². The van der Waals surface area contributed by atoms with Gasteiger partial charge in [-0.3, -0.25) is 4.79 Å². The standard InChI is InChI=1S/C18H24N2O4/c21-16(22)18(14-15-4-2-1-3-5-15)6-8-19(9-7-18)17(23)20-10-12-24-13-11-20/h1-5H,6-14H2,(H,21,22). The fourth-order valence-corrected chi connectivity index (χ4v) is 3.53. The van der Waals surface area contributed by atoms with Gasteiger partial charge in [0.2, 0.25) is 0 Å². The second-order valence-electron chi connectivity index (χ2n) is 6.62. The lowest BCUT2D eigenvalue weighted by molar-refractivity contribution is -0.151. The van der Waals surface area contributed by atoms with Crippen LogP contribution in [0.1, 0.15) is 18.4 Å². The minimum absolute atomic E-state index is 0.0111. The van der Waals surface area contributed by atoms with Gasteiger partial charge in [-0.05, 0) is 24.8 Å². The predicted molar refractivity (Wildman–Crippen MR) is 88.8 cm³/mol. The first-order chi connectivity index (χ1) is 11.6. The summed E-state index contributed by atoms with van der Waals surface area (Å²) in [5.41, 5.74) is 0.260. The van der Waals surface area contributed by atoms with Gasteiger partial charge in [-0.2, -0.15) is 0 Å². The van der Waals surface area contributed by atoms with Gasteiger partial charge in [-0.1, -0.05) is 30.3 Å². The highest BCUT2D eigenvalue weighted by Crippen LogP contribution is 2.36. The number of carboxylic acids is 1. The summed E-state index contributed by atoms with van der Waals surface area (Å²) in [6, 6.07) is 9.74. The third-order valence-corrected chi connectivity index (χ3v) is 5.11. The molecule has 0 radical (unpaired) electrons. The SMILES string of the molecule is O=C(N1CCOCC1)N1CCC(Cc2ccccc2)(C(=O)O)CC1. The van der Waals surface area contributed by atoms with Crippen molar-refractivity contribution in [1.82, 2.24) is 9.80 Å². The van der Waals surface area contributed by atoms with E-state index in [1.807, 2.05) is 30.3 Å². The first kappa shape index (κ1) is 16.8. The number of nitrogens with zero attached hydrogens (tertiary/aromatic N) is 2. The maximum Gasteiger partial charge on any atom is 0.320 e. The summed E-state index contributed by atoms with van der Waals surface area (Å²) in [5, 5.41) is 9.79. The van der Waals surface area contributed by atoms with E-state index in [1.54, 1.807) is 9.80 Å². The second-order valence-corrected chi connectivity index (χ2v) is 6.62. The molecule has 130 valence electrons. The van der Waals surface area contributed by atoms with Crippen LogP contribution in [-0.2, 0) is 16.0 Å². The number of amides is 2. The number of hydrogen-bond acceptors (Lipinski definition) is 3. The second kappa shape index (κ2) is 7.21. The van der Waals surface area contributed by atoms with Gasteiger partial charge < -0.3 is 19.6 Å². The van der Waals surface area contributed by atoms with Gasteiger partial charge in [0.1, 0.15) is 0 Å². The molecule has 2 fully saturated rings. The molecule has 24 heavy (non-hydrogen) atoms. The van der Waals surface area contributed by atoms with E-state index in [0.29, 0.717) is 58.7 Å². The first-order valence-electron chi connectivity index (χ1n) is 8.50. The highest BCUT2D eigenvalue weighted by Gasteiger charge is 2.43. The van der Waals surface area contributed by atoms with E-state index < -0.39 is 11.4 Å². The number of rotatable bonds is 3. The van der Waals surface area contributed by atoms with Gasteiger partial charge in [0.25, 0.3) is 0 Å². The Hall–Kier alpha value is -2.08. The van der Waals surface area contributed by atoms with Crippen molar-refractivity contribution in [2.75, 3.05) is 39.4 Å². The summed E-state index contributed by atoms with van der Waals surface area (Å²) in [7, 11) is 0. The molecule has 1 aromatic carbocycles. The zero-order valence-corrected chi connectivity index (χ0v) is 13.8. The minimum Gasteiger partial charge on any atom is -0.481 e. The zero-order chi connectivity index (χ0) is 17.0. The van der Waals surface area contributed by atoms with Crippen molar-refractivity contribution in [3.8, 4) is 0 Å². The summed E-state index contributed by atoms with van der Waals surface area (Å²) in [6.07, 6.45) is 1.50. The third-order valence-electron chi connectivity index (χ3n) is 5.11. The van der Waals surface area contributed by atoms with Crippen LogP contribution >= 0.6 is 0 Å². The van der Waals surface area contributed by atoms with Gasteiger partial charge in [0.15, 0.2) is 0 Å². The lowest BCUT2D eigenvalue weighted by Crippen LogP contribution is -2.53. The molecule has 1 N–H and O–H groups in total. The molecular weight excluding hydrogens is 308 g/mol. The van der Waals surface area contributed by atoms with Crippen molar-refractivity contribution in [3.63, 3.8) is 0 Å². The van der Waals surface area contributed by atoms with Gasteiger partial charge in [0.05, 0.1) is 18.6 Å². The summed E-state index contributed by atoms with van der Waals surface area (Å²) >= 11 is 0. The monoisotopic (exact) mass is 332 g/mol. The van der Waals surface area contributed by atoms with E-state index in [1.165, 1.54) is 0 Å². The number of piperidine rings is 1. The van der Waals surface area contributed by atoms with Gasteiger partial charge in [0, 0.05) is 26.2 Å². The Morgan fingerprint density at radius 2 is 1.58 bits per heavy atom. The normalized spacial score (nSPS) is 20.7. The van der Waals surface area contributed by atoms with Gasteiger partial charge in [-0.15, -0.1) is 0 Å². The average molecular weight is 332 g/mol. The maximum absolute atomic E-state index is 12.5. The van der Waals surface area contributed by atoms with Crippen molar-refractivity contribution in [3.05, 3.63) is 35.9 Å². The van der Waals surface area contributed by atoms with Gasteiger partial charge >= 0.3 is 12.0 Å². The Balaban J connectivity index is 1.64. The third kappa shape index (κ3) is 3.53. The van der Waals surface area contributed by atoms with Crippen LogP contribution in [-0.4, -0.2) is 66.3 Å². The minimum atomic E-state index is -0.775. The molecule has 0 spiro atoms. The first-order valence-corrected chi connectivity index (χ1v) is 8.50. The van der Waals surface area contributed by atoms with E-state index in [-0.39, 0.29) is 6.03 Å². The Morgan fingerprint density at radius 1 is 1.00 bits per heavy atom. The number of carboxylic acid groups (broad SMARTS) is 1. The van der Waals surface area contributed by atoms with Crippen molar-refractivity contribution in [2.24, 2.45) is 5.41 Å². The molecule has 0 bridgehead atoms. The molecular formula is C18H24N2O4. The maximum atomic E-state index is 12.5. The van der Waals surface area contributed by atoms with Crippen molar-refractivity contribution >= 4 is 12.0 Å². The topological polar surface area (TPSA) is 70.1 Å². The number of morpholine rings is 1. The number of likely N-dealkylation sites (tertiary alicyclic amines) is 1. The van der Waals surface area contributed by atoms with Crippen LogP contribution in [0.2, 0.25) is 0 Å². The van der Waals surface area contributed by atoms with E-state index >= 15 is 0 Å². The molecule has 1 aromatic rings. The number of benzene rings is 1. The molecule has 2 aliphatic heterocycles. The van der Waals surface area contributed by atoms with E-state index in [9.17, 15) is 14.7 Å². The van der Waals surface area contributed by atoms with E-state index in [2.05, 4.69) is 0 Å². The Morgan fingerprint density at radius 3 is 2.17 bits per heavy atom. The highest BCUT2D eigenvalue weighted by molar-refractivity contribution is 5.77. The van der Waals surface area contributed by atoms with Crippen LogP contribution in [0.5, 0.6) is 0 Å². The molecule has 3 rings (SSSR count). The lowest BCUT2D eigenvalue weighted by Gasteiger charge is -2.41. The highest BCUT2D eigenvalue weighted by atomic mass is 16.5. The van der Waals surface area contributed by atoms with E-state index in [0.717, 1.165) is 5.56 Å². The summed E-state index contributed by atoms with van der Waals surface area (Å²) < 4.78 is 5.28. The summed E-state index contributed by atoms with van der Waals surface area (Å²) in [6.45, 7) is 3.37. The fraction of sp³-hybridized carbons (Fsp3) is 0.556. The average Bonchev–Trinajstić information content (AvgIpc) is 2.63. The molecule has 6 nitrogen and oxygen atoms in total. The lowest BCUT2D eigenvalue weighted by atomic mass is 9.74. The fourth-order valence-electron chi connectivity index (χ4n) is 3.53. The van der Waals surface area contributed by atoms with Crippen molar-refractivity contribution in [2.45, 2.75) is 19.3 Å². The zero-order valence-electron chi connectivity index (χ0n) is 13.8. The molecule has 0 atom stereocenters. The molecule has 2 aliphatic rings.